The molecular weight excluding hydrogens is 370 g/mol. The van der Waals surface area contributed by atoms with Gasteiger partial charge in [-0.1, -0.05) is 54.6 Å². The van der Waals surface area contributed by atoms with E-state index in [0.717, 1.165) is 39.9 Å². The lowest BCUT2D eigenvalue weighted by molar-refractivity contribution is 0.108. The Hall–Kier alpha value is -3.17. The van der Waals surface area contributed by atoms with Gasteiger partial charge in [0.15, 0.2) is 0 Å². The number of hydrogen-bond acceptors (Lipinski definition) is 3. The Morgan fingerprint density at radius 1 is 0.857 bits per heavy atom. The molecule has 28 heavy (non-hydrogen) atoms. The van der Waals surface area contributed by atoms with Gasteiger partial charge in [0, 0.05) is 10.9 Å². The van der Waals surface area contributed by atoms with Gasteiger partial charge >= 0.3 is 0 Å². The quantitative estimate of drug-likeness (QED) is 0.393. The Morgan fingerprint density at radius 3 is 2.50 bits per heavy atom. The standard InChI is InChI=1S/C24H18ClNO2/c25-24(27)20-6-3-4-18(15-20)14-17-8-12-22(13-9-17)28-16-21-11-10-19-5-1-2-7-23(19)26-21/h1-13,15H,14,16H2. The summed E-state index contributed by atoms with van der Waals surface area (Å²) < 4.78 is 5.87. The van der Waals surface area contributed by atoms with Crippen LogP contribution in [0.3, 0.4) is 0 Å². The Kier molecular flexibility index (Phi) is 5.36. The van der Waals surface area contributed by atoms with E-state index >= 15 is 0 Å². The van der Waals surface area contributed by atoms with E-state index in [2.05, 4.69) is 11.1 Å². The van der Waals surface area contributed by atoms with Crippen LogP contribution in [0.15, 0.2) is 84.9 Å². The fourth-order valence-electron chi connectivity index (χ4n) is 3.09. The summed E-state index contributed by atoms with van der Waals surface area (Å²) in [7, 11) is 0. The van der Waals surface area contributed by atoms with Crippen LogP contribution < -0.4 is 4.74 Å². The highest BCUT2D eigenvalue weighted by atomic mass is 35.5. The highest BCUT2D eigenvalue weighted by molar-refractivity contribution is 6.67. The first kappa shape index (κ1) is 18.2. The van der Waals surface area contributed by atoms with Gasteiger partial charge in [-0.05, 0) is 59.5 Å². The topological polar surface area (TPSA) is 39.2 Å². The summed E-state index contributed by atoms with van der Waals surface area (Å²) in [6.07, 6.45) is 0.727. The molecule has 0 radical (unpaired) electrons. The Labute approximate surface area is 168 Å². The van der Waals surface area contributed by atoms with Crippen molar-refractivity contribution in [3.63, 3.8) is 0 Å². The molecule has 3 aromatic carbocycles. The van der Waals surface area contributed by atoms with Crippen molar-refractivity contribution >= 4 is 27.7 Å². The van der Waals surface area contributed by atoms with Crippen molar-refractivity contribution in [3.05, 3.63) is 107 Å². The number of carbonyl (C=O) groups excluding carboxylic acids is 1. The second-order valence-corrected chi connectivity index (χ2v) is 6.92. The first-order valence-electron chi connectivity index (χ1n) is 9.02. The van der Waals surface area contributed by atoms with Crippen molar-refractivity contribution < 1.29 is 9.53 Å². The van der Waals surface area contributed by atoms with Gasteiger partial charge in [0.1, 0.15) is 12.4 Å². The molecule has 0 amide bonds. The minimum atomic E-state index is -0.437. The molecule has 0 aliphatic rings. The van der Waals surface area contributed by atoms with Gasteiger partial charge in [-0.2, -0.15) is 0 Å². The van der Waals surface area contributed by atoms with Gasteiger partial charge in [0.2, 0.25) is 0 Å². The van der Waals surface area contributed by atoms with Crippen LogP contribution >= 0.6 is 11.6 Å². The Balaban J connectivity index is 1.40. The van der Waals surface area contributed by atoms with E-state index in [4.69, 9.17) is 16.3 Å². The van der Waals surface area contributed by atoms with E-state index in [9.17, 15) is 4.79 Å². The fourth-order valence-corrected chi connectivity index (χ4v) is 3.21. The number of ether oxygens (including phenoxy) is 1. The molecule has 0 aliphatic carbocycles. The zero-order valence-corrected chi connectivity index (χ0v) is 15.9. The zero-order valence-electron chi connectivity index (χ0n) is 15.1. The minimum Gasteiger partial charge on any atom is -0.487 e. The molecule has 4 aromatic rings. The first-order chi connectivity index (χ1) is 13.7. The monoisotopic (exact) mass is 387 g/mol. The number of para-hydroxylation sites is 1. The summed E-state index contributed by atoms with van der Waals surface area (Å²) in [6, 6.07) is 27.4. The summed E-state index contributed by atoms with van der Waals surface area (Å²) >= 11 is 5.56. The molecule has 0 bridgehead atoms. The van der Waals surface area contributed by atoms with Crippen LogP contribution in [-0.4, -0.2) is 10.2 Å². The number of halogens is 1. The zero-order chi connectivity index (χ0) is 19.3. The number of hydrogen-bond donors (Lipinski definition) is 0. The lowest BCUT2D eigenvalue weighted by atomic mass is 10.0. The van der Waals surface area contributed by atoms with Crippen LogP contribution in [0.5, 0.6) is 5.75 Å². The minimum absolute atomic E-state index is 0.421. The second-order valence-electron chi connectivity index (χ2n) is 6.58. The van der Waals surface area contributed by atoms with Crippen molar-refractivity contribution in [2.45, 2.75) is 13.0 Å². The van der Waals surface area contributed by atoms with E-state index < -0.39 is 5.24 Å². The van der Waals surface area contributed by atoms with Crippen LogP contribution in [-0.2, 0) is 13.0 Å². The molecule has 3 nitrogen and oxygen atoms in total. The van der Waals surface area contributed by atoms with Crippen molar-refractivity contribution in [3.8, 4) is 5.75 Å². The normalized spacial score (nSPS) is 10.8. The maximum atomic E-state index is 11.3. The van der Waals surface area contributed by atoms with Crippen LogP contribution in [0.4, 0.5) is 0 Å². The van der Waals surface area contributed by atoms with Gasteiger partial charge in [-0.15, -0.1) is 0 Å². The van der Waals surface area contributed by atoms with E-state index in [1.54, 1.807) is 6.07 Å². The average molecular weight is 388 g/mol. The predicted octanol–water partition coefficient (Wildman–Crippen LogP) is 5.78. The third-order valence-corrected chi connectivity index (χ3v) is 4.75. The summed E-state index contributed by atoms with van der Waals surface area (Å²) in [5.41, 5.74) is 4.56. The van der Waals surface area contributed by atoms with E-state index in [1.807, 2.05) is 72.8 Å². The van der Waals surface area contributed by atoms with Gasteiger partial charge in [0.05, 0.1) is 11.2 Å². The number of fused-ring (bicyclic) bond motifs is 1. The molecule has 0 aliphatic heterocycles. The van der Waals surface area contributed by atoms with Crippen molar-refractivity contribution in [1.82, 2.24) is 4.98 Å². The molecule has 4 heteroatoms. The van der Waals surface area contributed by atoms with Gasteiger partial charge in [0.25, 0.3) is 5.24 Å². The SMILES string of the molecule is O=C(Cl)c1cccc(Cc2ccc(OCc3ccc4ccccc4n3)cc2)c1. The third kappa shape index (κ3) is 4.38. The van der Waals surface area contributed by atoms with Crippen molar-refractivity contribution in [2.75, 3.05) is 0 Å². The molecule has 0 N–H and O–H groups in total. The molecule has 138 valence electrons. The molecule has 1 heterocycles. The summed E-state index contributed by atoms with van der Waals surface area (Å²) in [5, 5.41) is 0.684. The summed E-state index contributed by atoms with van der Waals surface area (Å²) in [6.45, 7) is 0.421. The number of aromatic nitrogens is 1. The van der Waals surface area contributed by atoms with Crippen molar-refractivity contribution in [2.24, 2.45) is 0 Å². The van der Waals surface area contributed by atoms with Crippen LogP contribution in [0.25, 0.3) is 10.9 Å². The maximum Gasteiger partial charge on any atom is 0.252 e. The van der Waals surface area contributed by atoms with Gasteiger partial charge in [-0.3, -0.25) is 4.79 Å². The Morgan fingerprint density at radius 2 is 1.68 bits per heavy atom. The molecule has 0 unspecified atom stereocenters. The summed E-state index contributed by atoms with van der Waals surface area (Å²) in [4.78, 5) is 15.9. The molecule has 1 aromatic heterocycles. The number of pyridine rings is 1. The fraction of sp³-hybridized carbons (Fsp3) is 0.0833. The highest BCUT2D eigenvalue weighted by Crippen LogP contribution is 2.18. The predicted molar refractivity (Wildman–Crippen MR) is 112 cm³/mol. The average Bonchev–Trinajstić information content (AvgIpc) is 2.73. The number of carbonyl (C=O) groups is 1. The molecule has 0 fully saturated rings. The molecule has 0 saturated heterocycles. The van der Waals surface area contributed by atoms with Crippen LogP contribution in [0.1, 0.15) is 27.2 Å². The van der Waals surface area contributed by atoms with Gasteiger partial charge in [-0.25, -0.2) is 4.98 Å². The molecule has 0 atom stereocenters. The highest BCUT2D eigenvalue weighted by Gasteiger charge is 2.04. The molecule has 0 saturated carbocycles. The number of rotatable bonds is 6. The van der Waals surface area contributed by atoms with Gasteiger partial charge < -0.3 is 4.74 Å². The lowest BCUT2D eigenvalue weighted by Gasteiger charge is -2.08. The lowest BCUT2D eigenvalue weighted by Crippen LogP contribution is -1.98. The van der Waals surface area contributed by atoms with E-state index in [1.165, 1.54) is 0 Å². The van der Waals surface area contributed by atoms with E-state index in [-0.39, 0.29) is 0 Å². The second kappa shape index (κ2) is 8.24. The summed E-state index contributed by atoms with van der Waals surface area (Å²) in [5.74, 6) is 0.795. The van der Waals surface area contributed by atoms with E-state index in [0.29, 0.717) is 12.2 Å². The molecule has 4 rings (SSSR count). The third-order valence-electron chi connectivity index (χ3n) is 4.53. The number of benzene rings is 3. The molecule has 0 spiro atoms. The molecular formula is C24H18ClNO2. The first-order valence-corrected chi connectivity index (χ1v) is 9.40. The smallest absolute Gasteiger partial charge is 0.252 e. The maximum absolute atomic E-state index is 11.3. The Bertz CT molecular complexity index is 1120. The largest absolute Gasteiger partial charge is 0.487 e. The van der Waals surface area contributed by atoms with Crippen LogP contribution in [0.2, 0.25) is 0 Å². The number of nitrogens with zero attached hydrogens (tertiary/aromatic N) is 1. The van der Waals surface area contributed by atoms with Crippen LogP contribution in [0, 0.1) is 0 Å². The van der Waals surface area contributed by atoms with Crippen molar-refractivity contribution in [1.29, 1.82) is 0 Å².